The van der Waals surface area contributed by atoms with Crippen LogP contribution in [0, 0.1) is 0 Å². The fraction of sp³-hybridized carbons (Fsp3) is 0.273. The maximum absolute atomic E-state index is 9.29. The van der Waals surface area contributed by atoms with E-state index in [1.807, 2.05) is 12.1 Å². The highest BCUT2D eigenvalue weighted by Gasteiger charge is 2.37. The Morgan fingerprint density at radius 1 is 1.11 bits per heavy atom. The van der Waals surface area contributed by atoms with Crippen molar-refractivity contribution in [3.8, 4) is 0 Å². The van der Waals surface area contributed by atoms with Gasteiger partial charge in [-0.05, 0) is 62.9 Å². The number of nitrogens with one attached hydrogen (secondary N) is 2. The smallest absolute Gasteiger partial charge is 0.137 e. The number of benzene rings is 1. The van der Waals surface area contributed by atoms with E-state index in [4.69, 9.17) is 23.2 Å². The molecule has 0 saturated heterocycles. The quantitative estimate of drug-likeness (QED) is 0.429. The Morgan fingerprint density at radius 3 is 2.22 bits per heavy atom. The highest BCUT2D eigenvalue weighted by atomic mass is 127. The zero-order valence-electron chi connectivity index (χ0n) is 9.11. The summed E-state index contributed by atoms with van der Waals surface area (Å²) in [6.45, 7) is 0.0636. The summed E-state index contributed by atoms with van der Waals surface area (Å²) in [5, 5.41) is 17.1. The van der Waals surface area contributed by atoms with E-state index in [2.05, 4.69) is 55.8 Å². The van der Waals surface area contributed by atoms with Gasteiger partial charge in [-0.15, -0.1) is 0 Å². The molecule has 0 amide bonds. The van der Waals surface area contributed by atoms with Crippen molar-refractivity contribution in [1.29, 1.82) is 0 Å². The molecule has 7 heteroatoms. The summed E-state index contributed by atoms with van der Waals surface area (Å²) in [6.07, 6.45) is 0.532. The van der Waals surface area contributed by atoms with Gasteiger partial charge in [-0.2, -0.15) is 0 Å². The molecule has 1 aliphatic heterocycles. The summed E-state index contributed by atoms with van der Waals surface area (Å²) in [5.74, 6) is 0. The lowest BCUT2D eigenvalue weighted by molar-refractivity contribution is 0.213. The highest BCUT2D eigenvalue weighted by molar-refractivity contribution is 14.1. The first-order valence-electron chi connectivity index (χ1n) is 5.16. The van der Waals surface area contributed by atoms with Gasteiger partial charge < -0.3 is 15.7 Å². The molecule has 1 aliphatic rings. The predicted octanol–water partition coefficient (Wildman–Crippen LogP) is 3.72. The predicted molar refractivity (Wildman–Crippen MR) is 91.2 cm³/mol. The summed E-state index contributed by atoms with van der Waals surface area (Å²) >= 11 is 16.4. The third kappa shape index (κ3) is 2.84. The molecule has 1 aromatic rings. The van der Waals surface area contributed by atoms with Crippen LogP contribution < -0.4 is 10.6 Å². The van der Waals surface area contributed by atoms with Crippen LogP contribution in [0.2, 0.25) is 10.0 Å². The van der Waals surface area contributed by atoms with E-state index in [0.29, 0.717) is 16.5 Å². The molecule has 1 heterocycles. The number of rotatable bonds is 3. The van der Waals surface area contributed by atoms with Crippen LogP contribution in [0.5, 0.6) is 0 Å². The van der Waals surface area contributed by atoms with E-state index in [-0.39, 0.29) is 6.61 Å². The first kappa shape index (κ1) is 15.0. The van der Waals surface area contributed by atoms with Crippen molar-refractivity contribution in [2.45, 2.75) is 12.1 Å². The Kier molecular flexibility index (Phi) is 4.91. The monoisotopic (exact) mass is 510 g/mol. The number of hydrogen-bond acceptors (Lipinski definition) is 3. The van der Waals surface area contributed by atoms with Gasteiger partial charge in [0.2, 0.25) is 0 Å². The van der Waals surface area contributed by atoms with Gasteiger partial charge in [0.15, 0.2) is 0 Å². The molecule has 0 bridgehead atoms. The molecule has 0 aliphatic carbocycles. The lowest BCUT2D eigenvalue weighted by atomic mass is 9.97. The highest BCUT2D eigenvalue weighted by Crippen LogP contribution is 2.36. The fourth-order valence-corrected chi connectivity index (χ4v) is 3.35. The van der Waals surface area contributed by atoms with E-state index in [0.717, 1.165) is 13.0 Å². The maximum Gasteiger partial charge on any atom is 0.137 e. The van der Waals surface area contributed by atoms with Crippen molar-refractivity contribution in [3.63, 3.8) is 0 Å². The van der Waals surface area contributed by atoms with Gasteiger partial charge >= 0.3 is 0 Å². The van der Waals surface area contributed by atoms with E-state index in [9.17, 15) is 5.11 Å². The van der Waals surface area contributed by atoms with E-state index in [1.54, 1.807) is 6.07 Å². The van der Waals surface area contributed by atoms with Crippen LogP contribution in [0.3, 0.4) is 0 Å². The average molecular weight is 511 g/mol. The number of halogens is 4. The first-order valence-corrected chi connectivity index (χ1v) is 8.08. The van der Waals surface area contributed by atoms with Gasteiger partial charge in [0.1, 0.15) is 13.1 Å². The molecule has 0 aromatic heterocycles. The normalized spacial score (nSPS) is 17.6. The molecular formula is C11H10Cl2I2N2O. The standard InChI is InChI=1S/C11H10Cl2I2N2O/c12-7-2-1-6(5-8(7)13)11(3-4-18)16-9(14)10(15)17-11/h1-2,5,16-18H,3-4H2. The molecule has 98 valence electrons. The molecule has 18 heavy (non-hydrogen) atoms. The fourth-order valence-electron chi connectivity index (χ4n) is 1.86. The lowest BCUT2D eigenvalue weighted by Crippen LogP contribution is -2.47. The van der Waals surface area contributed by atoms with Gasteiger partial charge in [0.25, 0.3) is 0 Å². The molecule has 0 unspecified atom stereocenters. The van der Waals surface area contributed by atoms with Gasteiger partial charge in [0.05, 0.1) is 10.0 Å². The molecule has 0 atom stereocenters. The van der Waals surface area contributed by atoms with Crippen molar-refractivity contribution in [1.82, 2.24) is 10.6 Å². The Hall–Kier alpha value is 0.560. The van der Waals surface area contributed by atoms with Crippen LogP contribution in [0.25, 0.3) is 0 Å². The molecule has 1 aromatic carbocycles. The average Bonchev–Trinajstić information content (AvgIpc) is 2.60. The van der Waals surface area contributed by atoms with Crippen molar-refractivity contribution in [3.05, 3.63) is 41.2 Å². The van der Waals surface area contributed by atoms with Crippen LogP contribution in [-0.4, -0.2) is 11.7 Å². The van der Waals surface area contributed by atoms with E-state index in [1.165, 1.54) is 0 Å². The number of aliphatic hydroxyl groups excluding tert-OH is 1. The minimum atomic E-state index is -0.518. The Bertz CT molecular complexity index is 494. The second-order valence-corrected chi connectivity index (χ2v) is 6.86. The lowest BCUT2D eigenvalue weighted by Gasteiger charge is -2.31. The van der Waals surface area contributed by atoms with Crippen LogP contribution in [0.4, 0.5) is 0 Å². The summed E-state index contributed by atoms with van der Waals surface area (Å²) in [6, 6.07) is 5.49. The molecule has 0 radical (unpaired) electrons. The van der Waals surface area contributed by atoms with Crippen molar-refractivity contribution in [2.75, 3.05) is 6.61 Å². The Labute approximate surface area is 143 Å². The minimum absolute atomic E-state index is 0.0636. The van der Waals surface area contributed by atoms with Crippen LogP contribution in [0.1, 0.15) is 12.0 Å². The SMILES string of the molecule is OCCC1(c2ccc(Cl)c(Cl)c2)NC(I)=C(I)N1. The van der Waals surface area contributed by atoms with Crippen molar-refractivity contribution in [2.24, 2.45) is 0 Å². The molecule has 0 spiro atoms. The van der Waals surface area contributed by atoms with Crippen LogP contribution in [0.15, 0.2) is 25.6 Å². The van der Waals surface area contributed by atoms with Crippen LogP contribution in [-0.2, 0) is 5.66 Å². The Morgan fingerprint density at radius 2 is 1.72 bits per heavy atom. The number of hydrogen-bond donors (Lipinski definition) is 3. The molecule has 2 rings (SSSR count). The third-order valence-corrected chi connectivity index (χ3v) is 6.13. The van der Waals surface area contributed by atoms with Gasteiger partial charge in [-0.25, -0.2) is 0 Å². The summed E-state index contributed by atoms with van der Waals surface area (Å²) < 4.78 is 2.04. The summed E-state index contributed by atoms with van der Waals surface area (Å²) in [7, 11) is 0. The zero-order valence-corrected chi connectivity index (χ0v) is 14.9. The van der Waals surface area contributed by atoms with E-state index >= 15 is 0 Å². The second-order valence-electron chi connectivity index (χ2n) is 3.89. The first-order chi connectivity index (χ1) is 8.48. The van der Waals surface area contributed by atoms with Gasteiger partial charge in [-0.1, -0.05) is 29.3 Å². The summed E-state index contributed by atoms with van der Waals surface area (Å²) in [5.41, 5.74) is 0.433. The minimum Gasteiger partial charge on any atom is -0.396 e. The molecule has 0 saturated carbocycles. The van der Waals surface area contributed by atoms with Gasteiger partial charge in [0, 0.05) is 13.0 Å². The van der Waals surface area contributed by atoms with E-state index < -0.39 is 5.66 Å². The molecule has 3 N–H and O–H groups in total. The molecule has 0 fully saturated rings. The van der Waals surface area contributed by atoms with Crippen molar-refractivity contribution >= 4 is 68.4 Å². The van der Waals surface area contributed by atoms with Gasteiger partial charge in [-0.3, -0.25) is 0 Å². The molecular weight excluding hydrogens is 501 g/mol. The maximum atomic E-state index is 9.29. The molecule has 3 nitrogen and oxygen atoms in total. The third-order valence-electron chi connectivity index (χ3n) is 2.74. The second kappa shape index (κ2) is 5.90. The zero-order chi connectivity index (χ0) is 13.3. The Balaban J connectivity index is 2.40. The topological polar surface area (TPSA) is 44.3 Å². The largest absolute Gasteiger partial charge is 0.396 e. The number of aliphatic hydroxyl groups is 1. The summed E-state index contributed by atoms with van der Waals surface area (Å²) in [4.78, 5) is 0. The van der Waals surface area contributed by atoms with Crippen molar-refractivity contribution < 1.29 is 5.11 Å². The van der Waals surface area contributed by atoms with Crippen LogP contribution >= 0.6 is 68.4 Å².